The van der Waals surface area contributed by atoms with Gasteiger partial charge in [0.15, 0.2) is 5.16 Å². The number of aromatic nitrogens is 2. The Balaban J connectivity index is 2.16. The summed E-state index contributed by atoms with van der Waals surface area (Å²) in [4.78, 5) is 22.2. The summed E-state index contributed by atoms with van der Waals surface area (Å²) in [6, 6.07) is 8.53. The Labute approximate surface area is 162 Å². The number of nitrogens with zero attached hydrogens (tertiary/aromatic N) is 1. The maximum atomic E-state index is 12.8. The van der Waals surface area contributed by atoms with Crippen molar-refractivity contribution in [1.82, 2.24) is 9.97 Å². The highest BCUT2D eigenvalue weighted by Gasteiger charge is 2.19. The van der Waals surface area contributed by atoms with Crippen LogP contribution in [0.25, 0.3) is 21.3 Å². The van der Waals surface area contributed by atoms with E-state index in [4.69, 9.17) is 6.42 Å². The number of aromatic amines is 1. The zero-order chi connectivity index (χ0) is 18.9. The van der Waals surface area contributed by atoms with Crippen molar-refractivity contribution < 1.29 is 0 Å². The fourth-order valence-corrected chi connectivity index (χ4v) is 4.64. The summed E-state index contributed by atoms with van der Waals surface area (Å²) >= 11 is 2.97. The number of terminal acetylenes is 1. The molecular formula is C21H22N2OS2. The monoisotopic (exact) mass is 382 g/mol. The quantitative estimate of drug-likeness (QED) is 0.381. The van der Waals surface area contributed by atoms with E-state index in [2.05, 4.69) is 67.8 Å². The molecule has 0 fully saturated rings. The number of nitrogens with one attached hydrogen (secondary N) is 1. The molecule has 3 aromatic rings. The third-order valence-electron chi connectivity index (χ3n) is 4.27. The van der Waals surface area contributed by atoms with E-state index in [-0.39, 0.29) is 11.0 Å². The number of thioether (sulfide) groups is 1. The molecule has 0 radical (unpaired) electrons. The highest BCUT2D eigenvalue weighted by atomic mass is 32.2. The van der Waals surface area contributed by atoms with Crippen molar-refractivity contribution in [3.05, 3.63) is 45.1 Å². The van der Waals surface area contributed by atoms with Crippen molar-refractivity contribution in [1.29, 1.82) is 0 Å². The molecule has 0 unspecified atom stereocenters. The molecule has 0 aliphatic rings. The van der Waals surface area contributed by atoms with Crippen molar-refractivity contribution >= 4 is 33.3 Å². The first-order valence-corrected chi connectivity index (χ1v) is 10.4. The lowest BCUT2D eigenvalue weighted by atomic mass is 9.86. The zero-order valence-corrected chi connectivity index (χ0v) is 17.1. The van der Waals surface area contributed by atoms with Gasteiger partial charge in [-0.05, 0) is 23.0 Å². The first-order chi connectivity index (χ1) is 12.3. The van der Waals surface area contributed by atoms with Gasteiger partial charge >= 0.3 is 0 Å². The number of hydrogen-bond acceptors (Lipinski definition) is 4. The molecule has 0 saturated carbocycles. The summed E-state index contributed by atoms with van der Waals surface area (Å²) in [5, 5.41) is 1.26. The molecule has 1 aromatic carbocycles. The molecule has 2 aromatic heterocycles. The predicted molar refractivity (Wildman–Crippen MR) is 113 cm³/mol. The molecule has 0 aliphatic carbocycles. The van der Waals surface area contributed by atoms with E-state index in [0.29, 0.717) is 16.3 Å². The van der Waals surface area contributed by atoms with Crippen LogP contribution in [-0.2, 0) is 11.8 Å². The van der Waals surface area contributed by atoms with Crippen LogP contribution in [0.5, 0.6) is 0 Å². The number of aryl methyl sites for hydroxylation is 1. The van der Waals surface area contributed by atoms with Gasteiger partial charge in [-0.25, -0.2) is 4.98 Å². The lowest BCUT2D eigenvalue weighted by Crippen LogP contribution is -2.11. The van der Waals surface area contributed by atoms with Crippen LogP contribution in [0.3, 0.4) is 0 Å². The van der Waals surface area contributed by atoms with Crippen molar-refractivity contribution in [2.75, 3.05) is 5.75 Å². The highest BCUT2D eigenvalue weighted by Crippen LogP contribution is 2.37. The predicted octanol–water partition coefficient (Wildman–Crippen LogP) is 5.24. The molecule has 26 heavy (non-hydrogen) atoms. The van der Waals surface area contributed by atoms with Crippen LogP contribution in [0.4, 0.5) is 0 Å². The summed E-state index contributed by atoms with van der Waals surface area (Å²) in [5.74, 6) is 3.05. The van der Waals surface area contributed by atoms with Crippen molar-refractivity contribution in [2.24, 2.45) is 0 Å². The van der Waals surface area contributed by atoms with Gasteiger partial charge in [0.25, 0.3) is 5.56 Å². The minimum atomic E-state index is -0.0969. The molecule has 0 aliphatic heterocycles. The van der Waals surface area contributed by atoms with Crippen molar-refractivity contribution in [2.45, 2.75) is 44.7 Å². The molecular weight excluding hydrogens is 360 g/mol. The van der Waals surface area contributed by atoms with E-state index in [1.165, 1.54) is 22.2 Å². The largest absolute Gasteiger partial charge is 0.301 e. The number of fused-ring (bicyclic) bond motifs is 1. The number of rotatable bonds is 4. The maximum absolute atomic E-state index is 12.8. The first kappa shape index (κ1) is 18.8. The number of benzene rings is 1. The average molecular weight is 383 g/mol. The molecule has 2 heterocycles. The second-order valence-electron chi connectivity index (χ2n) is 7.13. The molecule has 3 nitrogen and oxygen atoms in total. The number of hydrogen-bond donors (Lipinski definition) is 1. The van der Waals surface area contributed by atoms with E-state index >= 15 is 0 Å². The minimum absolute atomic E-state index is 0.0969. The Morgan fingerprint density at radius 2 is 1.96 bits per heavy atom. The molecule has 0 bridgehead atoms. The Hall–Kier alpha value is -2.03. The van der Waals surface area contributed by atoms with E-state index in [1.54, 1.807) is 11.3 Å². The third-order valence-corrected chi connectivity index (χ3v) is 6.27. The van der Waals surface area contributed by atoms with Crippen LogP contribution >= 0.6 is 23.1 Å². The highest BCUT2D eigenvalue weighted by molar-refractivity contribution is 7.99. The molecule has 134 valence electrons. The molecule has 0 spiro atoms. The molecule has 0 saturated heterocycles. The minimum Gasteiger partial charge on any atom is -0.301 e. The summed E-state index contributed by atoms with van der Waals surface area (Å²) in [7, 11) is 0. The third kappa shape index (κ3) is 3.58. The van der Waals surface area contributed by atoms with Crippen LogP contribution in [-0.4, -0.2) is 15.7 Å². The van der Waals surface area contributed by atoms with Crippen LogP contribution < -0.4 is 5.56 Å². The summed E-state index contributed by atoms with van der Waals surface area (Å²) in [6.45, 7) is 8.70. The SMILES string of the molecule is C#CCSc1nc2sc(CC)c(-c3ccc(C(C)(C)C)cc3)c2c(=O)[nH]1. The van der Waals surface area contributed by atoms with Gasteiger partial charge in [0.2, 0.25) is 0 Å². The van der Waals surface area contributed by atoms with Crippen molar-refractivity contribution in [3.63, 3.8) is 0 Å². The number of thiophene rings is 1. The Morgan fingerprint density at radius 3 is 2.54 bits per heavy atom. The van der Waals surface area contributed by atoms with E-state index in [0.717, 1.165) is 22.4 Å². The van der Waals surface area contributed by atoms with Crippen LogP contribution in [0.2, 0.25) is 0 Å². The van der Waals surface area contributed by atoms with Crippen molar-refractivity contribution in [3.8, 4) is 23.5 Å². The lowest BCUT2D eigenvalue weighted by Gasteiger charge is -2.19. The fraction of sp³-hybridized carbons (Fsp3) is 0.333. The smallest absolute Gasteiger partial charge is 0.260 e. The van der Waals surface area contributed by atoms with Crippen LogP contribution in [0.1, 0.15) is 38.1 Å². The zero-order valence-electron chi connectivity index (χ0n) is 15.5. The van der Waals surface area contributed by atoms with Gasteiger partial charge in [-0.2, -0.15) is 0 Å². The summed E-state index contributed by atoms with van der Waals surface area (Å²) < 4.78 is 0. The molecule has 3 rings (SSSR count). The van der Waals surface area contributed by atoms with Gasteiger partial charge in [-0.15, -0.1) is 17.8 Å². The van der Waals surface area contributed by atoms with Crippen LogP contribution in [0.15, 0.2) is 34.2 Å². The first-order valence-electron chi connectivity index (χ1n) is 8.58. The Morgan fingerprint density at radius 1 is 1.27 bits per heavy atom. The maximum Gasteiger partial charge on any atom is 0.260 e. The Bertz CT molecular complexity index is 1030. The fourth-order valence-electron chi connectivity index (χ4n) is 2.90. The van der Waals surface area contributed by atoms with Gasteiger partial charge in [-0.1, -0.05) is 69.6 Å². The van der Waals surface area contributed by atoms with Crippen LogP contribution in [0, 0.1) is 12.3 Å². The molecule has 5 heteroatoms. The second-order valence-corrected chi connectivity index (χ2v) is 9.17. The average Bonchev–Trinajstić information content (AvgIpc) is 2.98. The number of H-pyrrole nitrogens is 1. The summed E-state index contributed by atoms with van der Waals surface area (Å²) in [6.07, 6.45) is 6.17. The van der Waals surface area contributed by atoms with Gasteiger partial charge in [-0.3, -0.25) is 4.79 Å². The molecule has 0 amide bonds. The molecule has 1 N–H and O–H groups in total. The van der Waals surface area contributed by atoms with Gasteiger partial charge in [0.05, 0.1) is 11.1 Å². The second kappa shape index (κ2) is 7.30. The molecule has 0 atom stereocenters. The Kier molecular flexibility index (Phi) is 5.27. The van der Waals surface area contributed by atoms with Gasteiger partial charge in [0.1, 0.15) is 4.83 Å². The van der Waals surface area contributed by atoms with E-state index < -0.39 is 0 Å². The van der Waals surface area contributed by atoms with E-state index in [1.807, 2.05) is 0 Å². The standard InChI is InChI=1S/C21H22N2OS2/c1-6-12-25-20-22-18(24)17-16(15(7-2)26-19(17)23-20)13-8-10-14(11-9-13)21(3,4)5/h1,8-11H,7,12H2,2-5H3,(H,22,23,24). The lowest BCUT2D eigenvalue weighted by molar-refractivity contribution is 0.590. The van der Waals surface area contributed by atoms with Gasteiger partial charge < -0.3 is 4.98 Å². The van der Waals surface area contributed by atoms with E-state index in [9.17, 15) is 4.79 Å². The van der Waals surface area contributed by atoms with Gasteiger partial charge in [0, 0.05) is 10.4 Å². The normalized spacial score (nSPS) is 11.7. The topological polar surface area (TPSA) is 45.8 Å². The summed E-state index contributed by atoms with van der Waals surface area (Å²) in [5.41, 5.74) is 3.36.